The van der Waals surface area contributed by atoms with Crippen LogP contribution in [0.25, 0.3) is 5.78 Å². The molecule has 0 aliphatic heterocycles. The molecule has 0 saturated heterocycles. The monoisotopic (exact) mass is 367 g/mol. The summed E-state index contributed by atoms with van der Waals surface area (Å²) in [7, 11) is 0. The van der Waals surface area contributed by atoms with Crippen molar-refractivity contribution in [3.05, 3.63) is 57.1 Å². The molecule has 1 aromatic carbocycles. The lowest BCUT2D eigenvalue weighted by molar-refractivity contribution is -0.121. The van der Waals surface area contributed by atoms with Crippen molar-refractivity contribution >= 4 is 23.9 Å². The van der Waals surface area contributed by atoms with E-state index >= 15 is 0 Å². The molecule has 0 spiro atoms. The molecule has 1 atom stereocenters. The summed E-state index contributed by atoms with van der Waals surface area (Å²) in [6, 6.07) is 8.46. The fourth-order valence-electron chi connectivity index (χ4n) is 3.80. The van der Waals surface area contributed by atoms with Gasteiger partial charge in [0, 0.05) is 17.0 Å². The SMILES string of the molecule is Cc1nc2nc(=S)[nH]n2c(C)c1CC(=O)N[C@H]1CCCc2ccccc21. The number of benzene rings is 1. The molecule has 1 aliphatic rings. The van der Waals surface area contributed by atoms with Gasteiger partial charge in [0.2, 0.25) is 10.7 Å². The van der Waals surface area contributed by atoms with Crippen LogP contribution in [0.4, 0.5) is 0 Å². The number of aromatic nitrogens is 4. The molecule has 0 unspecified atom stereocenters. The van der Waals surface area contributed by atoms with E-state index in [2.05, 4.69) is 38.6 Å². The van der Waals surface area contributed by atoms with E-state index in [0.717, 1.165) is 36.2 Å². The van der Waals surface area contributed by atoms with E-state index in [1.807, 2.05) is 19.9 Å². The van der Waals surface area contributed by atoms with Crippen LogP contribution in [-0.2, 0) is 17.6 Å². The van der Waals surface area contributed by atoms with Crippen LogP contribution in [0, 0.1) is 18.6 Å². The van der Waals surface area contributed by atoms with Crippen LogP contribution >= 0.6 is 12.2 Å². The Labute approximate surface area is 156 Å². The van der Waals surface area contributed by atoms with Crippen molar-refractivity contribution in [1.29, 1.82) is 0 Å². The average Bonchev–Trinajstić information content (AvgIpc) is 2.99. The summed E-state index contributed by atoms with van der Waals surface area (Å²) in [6.07, 6.45) is 3.45. The molecule has 0 fully saturated rings. The Morgan fingerprint density at radius 3 is 3.00 bits per heavy atom. The molecule has 134 valence electrons. The predicted octanol–water partition coefficient (Wildman–Crippen LogP) is 3.14. The van der Waals surface area contributed by atoms with E-state index in [4.69, 9.17) is 12.2 Å². The Bertz CT molecular complexity index is 1050. The molecule has 6 nitrogen and oxygen atoms in total. The molecule has 2 heterocycles. The maximum absolute atomic E-state index is 12.7. The van der Waals surface area contributed by atoms with Gasteiger partial charge in [-0.25, -0.2) is 9.50 Å². The number of carbonyl (C=O) groups is 1. The average molecular weight is 367 g/mol. The maximum atomic E-state index is 12.7. The highest BCUT2D eigenvalue weighted by Crippen LogP contribution is 2.29. The van der Waals surface area contributed by atoms with E-state index in [0.29, 0.717) is 10.5 Å². The van der Waals surface area contributed by atoms with Gasteiger partial charge in [0.25, 0.3) is 5.78 Å². The van der Waals surface area contributed by atoms with Gasteiger partial charge in [0.1, 0.15) is 0 Å². The quantitative estimate of drug-likeness (QED) is 0.698. The number of nitrogens with one attached hydrogen (secondary N) is 2. The molecule has 1 aliphatic carbocycles. The van der Waals surface area contributed by atoms with Crippen LogP contribution in [0.2, 0.25) is 0 Å². The Hall–Kier alpha value is -2.54. The number of amides is 1. The van der Waals surface area contributed by atoms with E-state index in [1.165, 1.54) is 11.1 Å². The lowest BCUT2D eigenvalue weighted by Crippen LogP contribution is -2.32. The van der Waals surface area contributed by atoms with Crippen molar-refractivity contribution in [2.45, 2.75) is 45.6 Å². The van der Waals surface area contributed by atoms with Crippen LogP contribution in [0.1, 0.15) is 47.0 Å². The van der Waals surface area contributed by atoms with E-state index in [1.54, 1.807) is 4.52 Å². The minimum atomic E-state index is 0.0118. The highest BCUT2D eigenvalue weighted by molar-refractivity contribution is 7.71. The first-order valence-electron chi connectivity index (χ1n) is 8.85. The highest BCUT2D eigenvalue weighted by Gasteiger charge is 2.22. The smallest absolute Gasteiger partial charge is 0.252 e. The summed E-state index contributed by atoms with van der Waals surface area (Å²) in [4.78, 5) is 21.4. The standard InChI is InChI=1S/C19H21N5OS/c1-11-15(12(2)24-18(20-11)22-19(26)23-24)10-17(25)21-16-9-5-7-13-6-3-4-8-14(13)16/h3-4,6,8,16H,5,7,9-10H2,1-2H3,(H,21,25)(H,23,26)/t16-/m0/s1. The van der Waals surface area contributed by atoms with Crippen LogP contribution in [0.15, 0.2) is 24.3 Å². The fraction of sp³-hybridized carbons (Fsp3) is 0.368. The number of H-pyrrole nitrogens is 1. The number of rotatable bonds is 3. The number of aromatic amines is 1. The Morgan fingerprint density at radius 2 is 2.15 bits per heavy atom. The second kappa shape index (κ2) is 6.64. The predicted molar refractivity (Wildman–Crippen MR) is 102 cm³/mol. The third-order valence-electron chi connectivity index (χ3n) is 5.13. The fourth-order valence-corrected chi connectivity index (χ4v) is 3.97. The molecule has 0 bridgehead atoms. The van der Waals surface area contributed by atoms with Crippen LogP contribution < -0.4 is 5.32 Å². The maximum Gasteiger partial charge on any atom is 0.252 e. The summed E-state index contributed by atoms with van der Waals surface area (Å²) in [5, 5.41) is 6.20. The van der Waals surface area contributed by atoms with Gasteiger partial charge in [-0.3, -0.25) is 9.89 Å². The summed E-state index contributed by atoms with van der Waals surface area (Å²) in [5.74, 6) is 0.549. The largest absolute Gasteiger partial charge is 0.349 e. The van der Waals surface area contributed by atoms with Crippen molar-refractivity contribution in [2.24, 2.45) is 0 Å². The van der Waals surface area contributed by atoms with Crippen molar-refractivity contribution < 1.29 is 4.79 Å². The molecule has 7 heteroatoms. The molecule has 0 saturated carbocycles. The van der Waals surface area contributed by atoms with Gasteiger partial charge in [-0.2, -0.15) is 4.98 Å². The zero-order valence-electron chi connectivity index (χ0n) is 14.9. The number of hydrogen-bond acceptors (Lipinski definition) is 4. The van der Waals surface area contributed by atoms with Crippen molar-refractivity contribution in [1.82, 2.24) is 24.9 Å². The number of aryl methyl sites for hydroxylation is 3. The molecule has 2 N–H and O–H groups in total. The Kier molecular flexibility index (Phi) is 4.32. The lowest BCUT2D eigenvalue weighted by Gasteiger charge is -2.26. The highest BCUT2D eigenvalue weighted by atomic mass is 32.1. The zero-order valence-corrected chi connectivity index (χ0v) is 15.7. The molecular weight excluding hydrogens is 346 g/mol. The molecular formula is C19H21N5OS. The number of carbonyl (C=O) groups excluding carboxylic acids is 1. The van der Waals surface area contributed by atoms with Gasteiger partial charge < -0.3 is 5.32 Å². The molecule has 3 aromatic rings. The Balaban J connectivity index is 1.58. The van der Waals surface area contributed by atoms with Crippen molar-refractivity contribution in [2.75, 3.05) is 0 Å². The van der Waals surface area contributed by atoms with Gasteiger partial charge in [-0.15, -0.1) is 0 Å². The van der Waals surface area contributed by atoms with Crippen LogP contribution in [0.3, 0.4) is 0 Å². The lowest BCUT2D eigenvalue weighted by atomic mass is 9.87. The molecule has 0 radical (unpaired) electrons. The second-order valence-corrected chi connectivity index (χ2v) is 7.20. The summed E-state index contributed by atoms with van der Waals surface area (Å²) < 4.78 is 2.13. The van der Waals surface area contributed by atoms with Crippen LogP contribution in [-0.4, -0.2) is 25.5 Å². The van der Waals surface area contributed by atoms with E-state index in [-0.39, 0.29) is 18.4 Å². The van der Waals surface area contributed by atoms with Gasteiger partial charge >= 0.3 is 0 Å². The van der Waals surface area contributed by atoms with Crippen molar-refractivity contribution in [3.63, 3.8) is 0 Å². The topological polar surface area (TPSA) is 75.1 Å². The summed E-state index contributed by atoms with van der Waals surface area (Å²) in [6.45, 7) is 3.86. The minimum Gasteiger partial charge on any atom is -0.349 e. The van der Waals surface area contributed by atoms with Crippen LogP contribution in [0.5, 0.6) is 0 Å². The third kappa shape index (κ3) is 3.03. The molecule has 26 heavy (non-hydrogen) atoms. The van der Waals surface area contributed by atoms with Gasteiger partial charge in [0.15, 0.2) is 0 Å². The first-order valence-corrected chi connectivity index (χ1v) is 9.26. The second-order valence-electron chi connectivity index (χ2n) is 6.81. The van der Waals surface area contributed by atoms with E-state index < -0.39 is 0 Å². The first kappa shape index (κ1) is 16.9. The molecule has 1 amide bonds. The molecule has 2 aromatic heterocycles. The molecule has 4 rings (SSSR count). The first-order chi connectivity index (χ1) is 12.5. The number of fused-ring (bicyclic) bond motifs is 2. The minimum absolute atomic E-state index is 0.0118. The van der Waals surface area contributed by atoms with Gasteiger partial charge in [-0.1, -0.05) is 24.3 Å². The van der Waals surface area contributed by atoms with E-state index in [9.17, 15) is 4.79 Å². The normalized spacial score (nSPS) is 16.5. The van der Waals surface area contributed by atoms with Gasteiger partial charge in [-0.05, 0) is 56.5 Å². The summed E-state index contributed by atoms with van der Waals surface area (Å²) >= 11 is 5.09. The van der Waals surface area contributed by atoms with Gasteiger partial charge in [0.05, 0.1) is 12.5 Å². The summed E-state index contributed by atoms with van der Waals surface area (Å²) in [5.41, 5.74) is 5.21. The van der Waals surface area contributed by atoms with Crippen molar-refractivity contribution in [3.8, 4) is 0 Å². The zero-order chi connectivity index (χ0) is 18.3. The number of nitrogens with zero attached hydrogens (tertiary/aromatic N) is 3. The third-order valence-corrected chi connectivity index (χ3v) is 5.31. The Morgan fingerprint density at radius 1 is 1.35 bits per heavy atom. The number of hydrogen-bond donors (Lipinski definition) is 2.